The molecule has 0 fully saturated rings. The van der Waals surface area contributed by atoms with Gasteiger partial charge in [0.25, 0.3) is 5.56 Å². The van der Waals surface area contributed by atoms with Crippen molar-refractivity contribution < 1.29 is 33.0 Å². The van der Waals surface area contributed by atoms with Crippen molar-refractivity contribution in [3.05, 3.63) is 101 Å². The van der Waals surface area contributed by atoms with Crippen LogP contribution in [0.1, 0.15) is 38.1 Å². The molecular weight excluding hydrogens is 652 g/mol. The number of esters is 2. The van der Waals surface area contributed by atoms with Gasteiger partial charge in [-0.25, -0.2) is 14.6 Å². The van der Waals surface area contributed by atoms with Crippen LogP contribution in [0.5, 0.6) is 11.5 Å². The van der Waals surface area contributed by atoms with E-state index in [9.17, 15) is 14.4 Å². The van der Waals surface area contributed by atoms with Crippen molar-refractivity contribution in [3.8, 4) is 22.8 Å². The Kier molecular flexibility index (Phi) is 9.50. The molecule has 1 atom stereocenters. The minimum Gasteiger partial charge on any atom is -0.490 e. The third kappa shape index (κ3) is 6.41. The Labute approximate surface area is 265 Å². The van der Waals surface area contributed by atoms with Gasteiger partial charge in [0, 0.05) is 16.1 Å². The van der Waals surface area contributed by atoms with Crippen LogP contribution < -0.4 is 24.4 Å². The number of carbonyl (C=O) groups excluding carboxylic acids is 2. The molecule has 2 aromatic carbocycles. The number of furan rings is 1. The number of benzene rings is 2. The molecule has 3 heterocycles. The summed E-state index contributed by atoms with van der Waals surface area (Å²) < 4.78 is 30.3. The summed E-state index contributed by atoms with van der Waals surface area (Å²) in [5, 5.41) is 0. The lowest BCUT2D eigenvalue weighted by Crippen LogP contribution is -2.40. The number of rotatable bonds is 10. The first-order valence-electron chi connectivity index (χ1n) is 13.8. The number of hydrogen-bond donors (Lipinski definition) is 0. The van der Waals surface area contributed by atoms with Gasteiger partial charge in [-0.05, 0) is 62.7 Å². The fraction of sp³-hybridized carbons (Fsp3) is 0.250. The van der Waals surface area contributed by atoms with E-state index < -0.39 is 18.0 Å². The molecule has 0 amide bonds. The predicted molar refractivity (Wildman–Crippen MR) is 167 cm³/mol. The summed E-state index contributed by atoms with van der Waals surface area (Å²) in [6.07, 6.45) is 1.67. The average Bonchev–Trinajstić information content (AvgIpc) is 3.60. The molecule has 0 aliphatic carbocycles. The molecular formula is C32H29BrN2O8S. The fourth-order valence-corrected chi connectivity index (χ4v) is 6.00. The molecule has 0 saturated heterocycles. The summed E-state index contributed by atoms with van der Waals surface area (Å²) in [6, 6.07) is 15.5. The first kappa shape index (κ1) is 31.0. The normalized spacial score (nSPS) is 14.6. The topological polar surface area (TPSA) is 119 Å². The van der Waals surface area contributed by atoms with Crippen molar-refractivity contribution in [1.29, 1.82) is 0 Å². The lowest BCUT2D eigenvalue weighted by molar-refractivity contribution is -0.143. The molecule has 1 aliphatic heterocycles. The third-order valence-corrected chi connectivity index (χ3v) is 8.21. The van der Waals surface area contributed by atoms with E-state index in [1.54, 1.807) is 44.2 Å². The minimum atomic E-state index is -0.865. The number of allylic oxidation sites excluding steroid dienone is 1. The van der Waals surface area contributed by atoms with Gasteiger partial charge in [-0.15, -0.1) is 0 Å². The van der Waals surface area contributed by atoms with Gasteiger partial charge in [-0.1, -0.05) is 45.5 Å². The van der Waals surface area contributed by atoms with Crippen LogP contribution in [0.25, 0.3) is 17.4 Å². The number of aromatic nitrogens is 1. The van der Waals surface area contributed by atoms with Crippen LogP contribution in [0.2, 0.25) is 0 Å². The van der Waals surface area contributed by atoms with Crippen molar-refractivity contribution in [2.45, 2.75) is 26.8 Å². The smallest absolute Gasteiger partial charge is 0.343 e. The lowest BCUT2D eigenvalue weighted by Gasteiger charge is -2.25. The zero-order valence-corrected chi connectivity index (χ0v) is 26.8. The Hall–Kier alpha value is -4.42. The SMILES string of the molecule is CCOC(=O)C1=C(C)N=c2s/c(=C/c3ccc(-c4ccc(Br)cc4)o3)c(=O)n2[C@H]1c1ccc(OCC(=O)OC)c(OCC)c1. The second kappa shape index (κ2) is 13.5. The monoisotopic (exact) mass is 680 g/mol. The van der Waals surface area contributed by atoms with Crippen molar-refractivity contribution in [1.82, 2.24) is 4.57 Å². The molecule has 0 radical (unpaired) electrons. The zero-order chi connectivity index (χ0) is 31.4. The van der Waals surface area contributed by atoms with Crippen molar-refractivity contribution in [2.75, 3.05) is 26.9 Å². The zero-order valence-electron chi connectivity index (χ0n) is 24.4. The highest BCUT2D eigenvalue weighted by atomic mass is 79.9. The first-order valence-corrected chi connectivity index (χ1v) is 15.4. The number of hydrogen-bond acceptors (Lipinski definition) is 10. The lowest BCUT2D eigenvalue weighted by atomic mass is 9.95. The molecule has 0 N–H and O–H groups in total. The van der Waals surface area contributed by atoms with E-state index in [1.165, 1.54) is 23.0 Å². The molecule has 2 aromatic heterocycles. The molecule has 10 nitrogen and oxygen atoms in total. The van der Waals surface area contributed by atoms with Crippen LogP contribution in [0.3, 0.4) is 0 Å². The maximum atomic E-state index is 14.0. The second-order valence-corrected chi connectivity index (χ2v) is 11.4. The molecule has 228 valence electrons. The van der Waals surface area contributed by atoms with Gasteiger partial charge in [0.15, 0.2) is 22.9 Å². The molecule has 0 unspecified atom stereocenters. The van der Waals surface area contributed by atoms with Gasteiger partial charge in [0.1, 0.15) is 11.5 Å². The van der Waals surface area contributed by atoms with Gasteiger partial charge >= 0.3 is 11.9 Å². The molecule has 44 heavy (non-hydrogen) atoms. The number of carbonyl (C=O) groups is 2. The summed E-state index contributed by atoms with van der Waals surface area (Å²) in [5.41, 5.74) is 1.78. The van der Waals surface area contributed by atoms with Gasteiger partial charge in [-0.3, -0.25) is 9.36 Å². The molecule has 0 spiro atoms. The molecule has 4 aromatic rings. The number of halogens is 1. The van der Waals surface area contributed by atoms with Crippen LogP contribution in [-0.2, 0) is 19.1 Å². The van der Waals surface area contributed by atoms with Crippen molar-refractivity contribution in [2.24, 2.45) is 4.99 Å². The average molecular weight is 682 g/mol. The maximum Gasteiger partial charge on any atom is 0.343 e. The number of thiazole rings is 1. The first-order chi connectivity index (χ1) is 21.2. The Balaban J connectivity index is 1.61. The fourth-order valence-electron chi connectivity index (χ4n) is 4.71. The Morgan fingerprint density at radius 2 is 1.82 bits per heavy atom. The van der Waals surface area contributed by atoms with Gasteiger partial charge in [0.05, 0.1) is 42.2 Å². The van der Waals surface area contributed by atoms with E-state index in [1.807, 2.05) is 37.3 Å². The standard InChI is InChI=1S/C32H29BrN2O8S/c1-5-40-25-15-20(9-13-24(25)42-17-27(36)39-4)29-28(31(38)41-6-2)18(3)34-32-35(29)30(37)26(44-32)16-22-12-14-23(43-22)19-7-10-21(33)11-8-19/h7-16,29H,5-6,17H2,1-4H3/b26-16+/t29-/m0/s1. The summed E-state index contributed by atoms with van der Waals surface area (Å²) in [4.78, 5) is 44.0. The van der Waals surface area contributed by atoms with Crippen molar-refractivity contribution >= 4 is 45.3 Å². The molecule has 5 rings (SSSR count). The number of nitrogens with zero attached hydrogens (tertiary/aromatic N) is 2. The Bertz CT molecular complexity index is 1920. The Morgan fingerprint density at radius 1 is 1.05 bits per heavy atom. The largest absolute Gasteiger partial charge is 0.490 e. The van der Waals surface area contributed by atoms with Crippen LogP contribution in [-0.4, -0.2) is 43.4 Å². The van der Waals surface area contributed by atoms with E-state index in [0.29, 0.717) is 50.2 Å². The minimum absolute atomic E-state index is 0.149. The van der Waals surface area contributed by atoms with Crippen LogP contribution in [0.15, 0.2) is 84.5 Å². The van der Waals surface area contributed by atoms with Crippen molar-refractivity contribution in [3.63, 3.8) is 0 Å². The van der Waals surface area contributed by atoms with Crippen LogP contribution in [0, 0.1) is 0 Å². The maximum absolute atomic E-state index is 14.0. The molecule has 1 aliphatic rings. The summed E-state index contributed by atoms with van der Waals surface area (Å²) in [7, 11) is 1.27. The van der Waals surface area contributed by atoms with Gasteiger partial charge in [-0.2, -0.15) is 0 Å². The van der Waals surface area contributed by atoms with E-state index in [0.717, 1.165) is 10.0 Å². The second-order valence-electron chi connectivity index (χ2n) is 9.52. The quantitative estimate of drug-likeness (QED) is 0.220. The van der Waals surface area contributed by atoms with E-state index in [-0.39, 0.29) is 24.3 Å². The van der Waals surface area contributed by atoms with E-state index in [4.69, 9.17) is 18.6 Å². The number of methoxy groups -OCH3 is 1. The Morgan fingerprint density at radius 3 is 2.52 bits per heavy atom. The van der Waals surface area contributed by atoms with E-state index >= 15 is 0 Å². The number of fused-ring (bicyclic) bond motifs is 1. The summed E-state index contributed by atoms with van der Waals surface area (Å²) >= 11 is 4.63. The van der Waals surface area contributed by atoms with Gasteiger partial charge in [0.2, 0.25) is 0 Å². The predicted octanol–water partition coefficient (Wildman–Crippen LogP) is 4.77. The molecule has 0 bridgehead atoms. The summed E-state index contributed by atoms with van der Waals surface area (Å²) in [5.74, 6) is 0.676. The van der Waals surface area contributed by atoms with E-state index in [2.05, 4.69) is 25.7 Å². The van der Waals surface area contributed by atoms with Gasteiger partial charge < -0.3 is 23.4 Å². The van der Waals surface area contributed by atoms with Crippen LogP contribution in [0.4, 0.5) is 0 Å². The molecule has 12 heteroatoms. The highest BCUT2D eigenvalue weighted by Gasteiger charge is 2.34. The van der Waals surface area contributed by atoms with Crippen LogP contribution >= 0.6 is 27.3 Å². The highest BCUT2D eigenvalue weighted by molar-refractivity contribution is 9.10. The molecule has 0 saturated carbocycles. The number of ether oxygens (including phenoxy) is 4. The summed E-state index contributed by atoms with van der Waals surface area (Å²) in [6.45, 7) is 5.39. The third-order valence-electron chi connectivity index (χ3n) is 6.70. The highest BCUT2D eigenvalue weighted by Crippen LogP contribution is 2.36.